The van der Waals surface area contributed by atoms with Crippen molar-refractivity contribution in [2.75, 3.05) is 12.4 Å². The van der Waals surface area contributed by atoms with E-state index in [-0.39, 0.29) is 5.11 Å². The third kappa shape index (κ3) is 6.40. The second-order valence-corrected chi connectivity index (χ2v) is 8.86. The predicted molar refractivity (Wildman–Crippen MR) is 118 cm³/mol. The van der Waals surface area contributed by atoms with Crippen molar-refractivity contribution in [1.82, 2.24) is 10.6 Å². The summed E-state index contributed by atoms with van der Waals surface area (Å²) in [4.78, 5) is 12.6. The Balaban J connectivity index is 2.12. The summed E-state index contributed by atoms with van der Waals surface area (Å²) in [5, 5.41) is 8.55. The topological polar surface area (TPSA) is 62.4 Å². The van der Waals surface area contributed by atoms with Gasteiger partial charge in [0.15, 0.2) is 5.11 Å². The van der Waals surface area contributed by atoms with E-state index < -0.39 is 15.9 Å². The van der Waals surface area contributed by atoms with Gasteiger partial charge in [-0.15, -0.1) is 0 Å². The Hall–Kier alpha value is -1.25. The zero-order chi connectivity index (χ0) is 20.0. The van der Waals surface area contributed by atoms with Gasteiger partial charge in [-0.05, 0) is 52.4 Å². The lowest BCUT2D eigenvalue weighted by molar-refractivity contribution is 0.0931. The van der Waals surface area contributed by atoms with Crippen molar-refractivity contribution in [3.8, 4) is 5.75 Å². The van der Waals surface area contributed by atoms with E-state index in [2.05, 4.69) is 31.9 Å². The Morgan fingerprint density at radius 1 is 1.11 bits per heavy atom. The molecule has 0 aliphatic heterocycles. The first-order valence-electron chi connectivity index (χ1n) is 7.55. The van der Waals surface area contributed by atoms with E-state index in [1.807, 2.05) is 24.3 Å². The van der Waals surface area contributed by atoms with Gasteiger partial charge in [-0.1, -0.05) is 59.1 Å². The molecule has 2 aromatic carbocycles. The molecule has 2 aromatic rings. The molecule has 0 aromatic heterocycles. The van der Waals surface area contributed by atoms with Crippen LogP contribution in [0.15, 0.2) is 53.0 Å². The van der Waals surface area contributed by atoms with Gasteiger partial charge < -0.3 is 20.7 Å². The Labute approximate surface area is 185 Å². The van der Waals surface area contributed by atoms with E-state index >= 15 is 0 Å². The fraction of sp³-hybridized carbons (Fsp3) is 0.176. The van der Waals surface area contributed by atoms with Gasteiger partial charge in [0.1, 0.15) is 11.9 Å². The van der Waals surface area contributed by atoms with Crippen LogP contribution >= 0.6 is 63.0 Å². The van der Waals surface area contributed by atoms with Gasteiger partial charge in [-0.2, -0.15) is 0 Å². The van der Waals surface area contributed by atoms with Crippen molar-refractivity contribution in [2.24, 2.45) is 0 Å². The quantitative estimate of drug-likeness (QED) is 0.304. The highest BCUT2D eigenvalue weighted by Crippen LogP contribution is 2.30. The number of hydrogen-bond donors (Lipinski definition) is 3. The maximum atomic E-state index is 12.6. The molecule has 2 rings (SSSR count). The molecule has 10 heteroatoms. The molecule has 27 heavy (non-hydrogen) atoms. The molecule has 0 radical (unpaired) electrons. The Bertz CT molecular complexity index is 833. The van der Waals surface area contributed by atoms with Crippen molar-refractivity contribution in [3.63, 3.8) is 0 Å². The van der Waals surface area contributed by atoms with E-state index in [1.54, 1.807) is 24.3 Å². The van der Waals surface area contributed by atoms with E-state index in [9.17, 15) is 4.79 Å². The van der Waals surface area contributed by atoms with Crippen molar-refractivity contribution >= 4 is 79.7 Å². The van der Waals surface area contributed by atoms with Gasteiger partial charge in [-0.25, -0.2) is 0 Å². The number of para-hydroxylation sites is 2. The van der Waals surface area contributed by atoms with Crippen LogP contribution in [0.1, 0.15) is 10.4 Å². The largest absolute Gasteiger partial charge is 0.496 e. The molecule has 0 unspecified atom stereocenters. The van der Waals surface area contributed by atoms with Crippen LogP contribution in [0.4, 0.5) is 5.69 Å². The maximum Gasteiger partial charge on any atom is 0.256 e. The first-order chi connectivity index (χ1) is 12.7. The zero-order valence-corrected chi connectivity index (χ0v) is 18.6. The Kier molecular flexibility index (Phi) is 8.00. The van der Waals surface area contributed by atoms with Crippen molar-refractivity contribution < 1.29 is 9.53 Å². The fourth-order valence-electron chi connectivity index (χ4n) is 2.09. The number of halogens is 4. The van der Waals surface area contributed by atoms with Crippen LogP contribution in [-0.2, 0) is 0 Å². The van der Waals surface area contributed by atoms with Gasteiger partial charge in [0.2, 0.25) is 3.79 Å². The third-order valence-corrected chi connectivity index (χ3v) is 4.92. The molecule has 0 heterocycles. The summed E-state index contributed by atoms with van der Waals surface area (Å²) in [5.41, 5.74) is 1.01. The van der Waals surface area contributed by atoms with Crippen molar-refractivity contribution in [3.05, 3.63) is 58.6 Å². The number of amides is 1. The number of carbonyl (C=O) groups excluding carboxylic acids is 1. The molecule has 5 nitrogen and oxygen atoms in total. The van der Waals surface area contributed by atoms with Crippen LogP contribution in [-0.4, -0.2) is 28.1 Å². The molecule has 1 amide bonds. The van der Waals surface area contributed by atoms with Crippen LogP contribution in [0, 0.1) is 0 Å². The molecule has 0 fully saturated rings. The highest BCUT2D eigenvalue weighted by Gasteiger charge is 2.35. The second kappa shape index (κ2) is 9.80. The van der Waals surface area contributed by atoms with Crippen LogP contribution in [0.5, 0.6) is 5.75 Å². The number of benzene rings is 2. The lowest BCUT2D eigenvalue weighted by Gasteiger charge is -2.28. The molecule has 0 spiro atoms. The molecule has 0 saturated carbocycles. The number of nitrogens with one attached hydrogen (secondary N) is 3. The summed E-state index contributed by atoms with van der Waals surface area (Å²) in [6.07, 6.45) is -1.10. The number of rotatable bonds is 5. The van der Waals surface area contributed by atoms with Gasteiger partial charge in [-0.3, -0.25) is 4.79 Å². The summed E-state index contributed by atoms with van der Waals surface area (Å²) in [5.74, 6) is -0.0908. The van der Waals surface area contributed by atoms with Crippen LogP contribution in [0.25, 0.3) is 0 Å². The molecule has 0 aliphatic carbocycles. The van der Waals surface area contributed by atoms with E-state index in [0.717, 1.165) is 4.47 Å². The minimum absolute atomic E-state index is 0.165. The molecule has 0 bridgehead atoms. The number of alkyl halides is 3. The molecular weight excluding hydrogens is 497 g/mol. The average Bonchev–Trinajstić information content (AvgIpc) is 2.62. The first kappa shape index (κ1) is 22.0. The lowest BCUT2D eigenvalue weighted by Crippen LogP contribution is -2.56. The summed E-state index contributed by atoms with van der Waals surface area (Å²) < 4.78 is 4.12. The number of carbonyl (C=O) groups is 1. The molecule has 3 N–H and O–H groups in total. The van der Waals surface area contributed by atoms with E-state index in [1.165, 1.54) is 7.11 Å². The number of hydrogen-bond acceptors (Lipinski definition) is 3. The van der Waals surface area contributed by atoms with Gasteiger partial charge in [0, 0.05) is 4.47 Å². The summed E-state index contributed by atoms with van der Waals surface area (Å²) in [6.45, 7) is 0. The van der Waals surface area contributed by atoms with Crippen molar-refractivity contribution in [2.45, 2.75) is 9.96 Å². The highest BCUT2D eigenvalue weighted by atomic mass is 79.9. The summed E-state index contributed by atoms with van der Waals surface area (Å²) >= 11 is 26.7. The predicted octanol–water partition coefficient (Wildman–Crippen LogP) is 4.87. The van der Waals surface area contributed by atoms with Crippen LogP contribution in [0.2, 0.25) is 0 Å². The summed E-state index contributed by atoms with van der Waals surface area (Å²) in [6, 6.07) is 14.1. The summed E-state index contributed by atoms with van der Waals surface area (Å²) in [7, 11) is 1.47. The normalized spacial score (nSPS) is 12.0. The van der Waals surface area contributed by atoms with Crippen LogP contribution in [0.3, 0.4) is 0 Å². The Morgan fingerprint density at radius 2 is 1.74 bits per heavy atom. The minimum Gasteiger partial charge on any atom is -0.496 e. The fourth-order valence-corrected chi connectivity index (χ4v) is 3.03. The molecule has 0 aliphatic rings. The van der Waals surface area contributed by atoms with Crippen molar-refractivity contribution in [1.29, 1.82) is 0 Å². The number of anilines is 1. The standard InChI is InChI=1S/C17H15BrCl3N3O2S/c1-26-13-9-5-2-6-10(13)14(25)23-15(17(19,20)21)24-16(27)22-12-8-4-3-7-11(12)18/h2-9,15H,1H3,(H,23,25)(H2,22,24,27)/t15-/m0/s1. The smallest absolute Gasteiger partial charge is 0.256 e. The first-order valence-corrected chi connectivity index (χ1v) is 9.88. The second-order valence-electron chi connectivity index (χ2n) is 5.23. The zero-order valence-electron chi connectivity index (χ0n) is 13.9. The van der Waals surface area contributed by atoms with Gasteiger partial charge in [0.05, 0.1) is 18.4 Å². The third-order valence-electron chi connectivity index (χ3n) is 3.35. The highest BCUT2D eigenvalue weighted by molar-refractivity contribution is 9.10. The lowest BCUT2D eigenvalue weighted by atomic mass is 10.2. The molecule has 0 saturated heterocycles. The number of thiocarbonyl (C=S) groups is 1. The Morgan fingerprint density at radius 3 is 2.37 bits per heavy atom. The van der Waals surface area contributed by atoms with Gasteiger partial charge in [0.25, 0.3) is 5.91 Å². The monoisotopic (exact) mass is 509 g/mol. The van der Waals surface area contributed by atoms with Crippen LogP contribution < -0.4 is 20.7 Å². The minimum atomic E-state index is -1.86. The molecule has 1 atom stereocenters. The average molecular weight is 512 g/mol. The maximum absolute atomic E-state index is 12.6. The number of methoxy groups -OCH3 is 1. The molecule has 144 valence electrons. The SMILES string of the molecule is COc1ccccc1C(=O)N[C@@H](NC(=S)Nc1ccccc1Br)C(Cl)(Cl)Cl. The van der Waals surface area contributed by atoms with Gasteiger partial charge >= 0.3 is 0 Å². The number of ether oxygens (including phenoxy) is 1. The molecular formula is C17H15BrCl3N3O2S. The van der Waals surface area contributed by atoms with E-state index in [0.29, 0.717) is 17.0 Å². The van der Waals surface area contributed by atoms with E-state index in [4.69, 9.17) is 51.8 Å².